The second-order valence-electron chi connectivity index (χ2n) is 5.81. The highest BCUT2D eigenvalue weighted by molar-refractivity contribution is 5.94. The van der Waals surface area contributed by atoms with Crippen molar-refractivity contribution < 1.29 is 18.3 Å². The molecular formula is C15H19ClF2N2O2. The van der Waals surface area contributed by atoms with Crippen LogP contribution in [0.2, 0.25) is 0 Å². The number of hydrogen-bond acceptors (Lipinski definition) is 3. The van der Waals surface area contributed by atoms with E-state index < -0.39 is 6.61 Å². The Balaban J connectivity index is 0.00000176. The average Bonchev–Trinajstić information content (AvgIpc) is 3.08. The van der Waals surface area contributed by atoms with Gasteiger partial charge in [0.15, 0.2) is 0 Å². The lowest BCUT2D eigenvalue weighted by Gasteiger charge is -2.23. The molecule has 1 atom stereocenters. The summed E-state index contributed by atoms with van der Waals surface area (Å²) in [5.41, 5.74) is 0.600. The highest BCUT2D eigenvalue weighted by Crippen LogP contribution is 2.36. The number of carbonyl (C=O) groups is 1. The first-order chi connectivity index (χ1) is 10.1. The highest BCUT2D eigenvalue weighted by Gasteiger charge is 2.41. The maximum Gasteiger partial charge on any atom is 0.387 e. The maximum absolute atomic E-state index is 12.5. The first kappa shape index (κ1) is 17.0. The number of hydrogen-bond donors (Lipinski definition) is 1. The Morgan fingerprint density at radius 3 is 2.86 bits per heavy atom. The number of benzene rings is 1. The zero-order valence-corrected chi connectivity index (χ0v) is 12.9. The van der Waals surface area contributed by atoms with E-state index in [1.54, 1.807) is 12.1 Å². The van der Waals surface area contributed by atoms with E-state index in [-0.39, 0.29) is 29.5 Å². The van der Waals surface area contributed by atoms with Crippen molar-refractivity contribution >= 4 is 18.3 Å². The van der Waals surface area contributed by atoms with Crippen LogP contribution in [0.5, 0.6) is 5.75 Å². The molecule has 2 saturated heterocycles. The van der Waals surface area contributed by atoms with Gasteiger partial charge in [0.05, 0.1) is 0 Å². The summed E-state index contributed by atoms with van der Waals surface area (Å²) in [6, 6.07) is 6.01. The zero-order chi connectivity index (χ0) is 14.9. The van der Waals surface area contributed by atoms with Gasteiger partial charge in [-0.3, -0.25) is 4.79 Å². The van der Waals surface area contributed by atoms with Crippen molar-refractivity contribution in [2.45, 2.75) is 19.5 Å². The third-order valence-corrected chi connectivity index (χ3v) is 4.36. The SMILES string of the molecule is Cl.O=C(c1cccc(OC(F)F)c1)N1CCC2(CCNC2)C1. The third kappa shape index (κ3) is 3.50. The summed E-state index contributed by atoms with van der Waals surface area (Å²) in [5.74, 6) is -0.0919. The average molecular weight is 333 g/mol. The molecular weight excluding hydrogens is 314 g/mol. The van der Waals surface area contributed by atoms with Crippen LogP contribution in [0, 0.1) is 5.41 Å². The summed E-state index contributed by atoms with van der Waals surface area (Å²) in [4.78, 5) is 14.3. The molecule has 1 spiro atoms. The molecule has 1 aromatic carbocycles. The van der Waals surface area contributed by atoms with E-state index in [2.05, 4.69) is 10.1 Å². The largest absolute Gasteiger partial charge is 0.435 e. The lowest BCUT2D eigenvalue weighted by atomic mass is 9.86. The maximum atomic E-state index is 12.5. The molecule has 0 aromatic heterocycles. The zero-order valence-electron chi connectivity index (χ0n) is 12.1. The van der Waals surface area contributed by atoms with Gasteiger partial charge in [0.2, 0.25) is 0 Å². The Labute approximate surface area is 134 Å². The summed E-state index contributed by atoms with van der Waals surface area (Å²) in [5, 5.41) is 3.34. The Morgan fingerprint density at radius 1 is 1.36 bits per heavy atom. The van der Waals surface area contributed by atoms with Crippen LogP contribution < -0.4 is 10.1 Å². The first-order valence-corrected chi connectivity index (χ1v) is 7.13. The number of ether oxygens (including phenoxy) is 1. The molecule has 2 aliphatic heterocycles. The lowest BCUT2D eigenvalue weighted by molar-refractivity contribution is -0.0499. The van der Waals surface area contributed by atoms with Crippen LogP contribution in [0.15, 0.2) is 24.3 Å². The molecule has 1 amide bonds. The summed E-state index contributed by atoms with van der Waals surface area (Å²) >= 11 is 0. The fourth-order valence-electron chi connectivity index (χ4n) is 3.24. The van der Waals surface area contributed by atoms with Crippen LogP contribution in [-0.4, -0.2) is 43.6 Å². The van der Waals surface area contributed by atoms with Gasteiger partial charge >= 0.3 is 6.61 Å². The van der Waals surface area contributed by atoms with E-state index in [9.17, 15) is 13.6 Å². The van der Waals surface area contributed by atoms with Crippen molar-refractivity contribution in [2.75, 3.05) is 26.2 Å². The molecule has 1 unspecified atom stereocenters. The smallest absolute Gasteiger partial charge is 0.387 e. The number of carbonyl (C=O) groups excluding carboxylic acids is 1. The number of alkyl halides is 2. The molecule has 2 heterocycles. The van der Waals surface area contributed by atoms with E-state index >= 15 is 0 Å². The minimum atomic E-state index is -2.88. The molecule has 7 heteroatoms. The van der Waals surface area contributed by atoms with Crippen LogP contribution in [0.4, 0.5) is 8.78 Å². The van der Waals surface area contributed by atoms with Crippen molar-refractivity contribution in [2.24, 2.45) is 5.41 Å². The molecule has 1 aromatic rings. The number of nitrogens with one attached hydrogen (secondary N) is 1. The van der Waals surface area contributed by atoms with Gasteiger partial charge in [-0.25, -0.2) is 0 Å². The molecule has 1 N–H and O–H groups in total. The van der Waals surface area contributed by atoms with Crippen LogP contribution in [0.25, 0.3) is 0 Å². The summed E-state index contributed by atoms with van der Waals surface area (Å²) in [6.07, 6.45) is 2.09. The van der Waals surface area contributed by atoms with Gasteiger partial charge in [-0.2, -0.15) is 8.78 Å². The number of halogens is 3. The summed E-state index contributed by atoms with van der Waals surface area (Å²) in [7, 11) is 0. The molecule has 22 heavy (non-hydrogen) atoms. The predicted molar refractivity (Wildman–Crippen MR) is 80.8 cm³/mol. The molecule has 3 rings (SSSR count). The van der Waals surface area contributed by atoms with E-state index in [0.29, 0.717) is 5.56 Å². The Kier molecular flexibility index (Phi) is 5.24. The Morgan fingerprint density at radius 2 is 2.18 bits per heavy atom. The van der Waals surface area contributed by atoms with Crippen LogP contribution >= 0.6 is 12.4 Å². The topological polar surface area (TPSA) is 41.6 Å². The van der Waals surface area contributed by atoms with Gasteiger partial charge in [-0.1, -0.05) is 6.07 Å². The van der Waals surface area contributed by atoms with Crippen molar-refractivity contribution in [1.82, 2.24) is 10.2 Å². The van der Waals surface area contributed by atoms with E-state index in [1.165, 1.54) is 12.1 Å². The van der Waals surface area contributed by atoms with E-state index in [0.717, 1.165) is 39.0 Å². The number of amides is 1. The molecule has 2 aliphatic rings. The normalized spacial score (nSPS) is 23.9. The molecule has 122 valence electrons. The quantitative estimate of drug-likeness (QED) is 0.925. The van der Waals surface area contributed by atoms with Crippen LogP contribution in [0.3, 0.4) is 0 Å². The monoisotopic (exact) mass is 332 g/mol. The van der Waals surface area contributed by atoms with Gasteiger partial charge in [0.25, 0.3) is 5.91 Å². The van der Waals surface area contributed by atoms with Gasteiger partial charge in [-0.15, -0.1) is 12.4 Å². The molecule has 2 fully saturated rings. The van der Waals surface area contributed by atoms with Gasteiger partial charge in [-0.05, 0) is 37.6 Å². The third-order valence-electron chi connectivity index (χ3n) is 4.36. The fraction of sp³-hybridized carbons (Fsp3) is 0.533. The second-order valence-corrected chi connectivity index (χ2v) is 5.81. The van der Waals surface area contributed by atoms with Crippen LogP contribution in [-0.2, 0) is 0 Å². The van der Waals surface area contributed by atoms with Crippen molar-refractivity contribution in [3.63, 3.8) is 0 Å². The number of nitrogens with zero attached hydrogens (tertiary/aromatic N) is 1. The summed E-state index contributed by atoms with van der Waals surface area (Å²) < 4.78 is 28.8. The second kappa shape index (κ2) is 6.79. The van der Waals surface area contributed by atoms with Crippen molar-refractivity contribution in [1.29, 1.82) is 0 Å². The minimum absolute atomic E-state index is 0. The fourth-order valence-corrected chi connectivity index (χ4v) is 3.24. The lowest BCUT2D eigenvalue weighted by Crippen LogP contribution is -2.33. The molecule has 0 radical (unpaired) electrons. The first-order valence-electron chi connectivity index (χ1n) is 7.13. The molecule has 0 saturated carbocycles. The molecule has 4 nitrogen and oxygen atoms in total. The van der Waals surface area contributed by atoms with Gasteiger partial charge in [0.1, 0.15) is 5.75 Å². The molecule has 0 bridgehead atoms. The predicted octanol–water partition coefficient (Wildman–Crippen LogP) is 2.54. The number of rotatable bonds is 3. The van der Waals surface area contributed by atoms with E-state index in [4.69, 9.17) is 0 Å². The van der Waals surface area contributed by atoms with Crippen LogP contribution in [0.1, 0.15) is 23.2 Å². The van der Waals surface area contributed by atoms with E-state index in [1.807, 2.05) is 4.90 Å². The minimum Gasteiger partial charge on any atom is -0.435 e. The summed E-state index contributed by atoms with van der Waals surface area (Å²) in [6.45, 7) is 0.527. The Hall–Kier alpha value is -1.40. The number of likely N-dealkylation sites (tertiary alicyclic amines) is 1. The van der Waals surface area contributed by atoms with Gasteiger partial charge in [0, 0.05) is 30.6 Å². The Bertz CT molecular complexity index is 536. The van der Waals surface area contributed by atoms with Crippen molar-refractivity contribution in [3.05, 3.63) is 29.8 Å². The van der Waals surface area contributed by atoms with Gasteiger partial charge < -0.3 is 15.0 Å². The van der Waals surface area contributed by atoms with Crippen molar-refractivity contribution in [3.8, 4) is 5.75 Å². The molecule has 0 aliphatic carbocycles. The standard InChI is InChI=1S/C15H18F2N2O2.ClH/c16-14(17)21-12-3-1-2-11(8-12)13(20)19-7-5-15(10-19)4-6-18-9-15;/h1-3,8,14,18H,4-7,9-10H2;1H. The highest BCUT2D eigenvalue weighted by atomic mass is 35.5.